The second kappa shape index (κ2) is 4.23. The summed E-state index contributed by atoms with van der Waals surface area (Å²) in [7, 11) is 0. The van der Waals surface area contributed by atoms with Crippen LogP contribution in [0.25, 0.3) is 5.52 Å². The molecule has 0 saturated heterocycles. The molecular weight excluding hydrogens is 202 g/mol. The molecule has 0 N–H and O–H groups in total. The molecular formula is C12H13N3O. The number of aromatic nitrogens is 2. The van der Waals surface area contributed by atoms with Crippen molar-refractivity contribution in [3.05, 3.63) is 30.1 Å². The predicted molar refractivity (Wildman–Crippen MR) is 60.2 cm³/mol. The lowest BCUT2D eigenvalue weighted by Gasteiger charge is -2.08. The molecule has 4 nitrogen and oxygen atoms in total. The van der Waals surface area contributed by atoms with Crippen molar-refractivity contribution in [2.24, 2.45) is 5.92 Å². The minimum absolute atomic E-state index is 0.489. The smallest absolute Gasteiger partial charge is 0.137 e. The average Bonchev–Trinajstić information content (AvgIpc) is 2.68. The first-order chi connectivity index (χ1) is 7.70. The molecule has 0 radical (unpaired) electrons. The zero-order valence-corrected chi connectivity index (χ0v) is 9.34. The number of fused-ring (bicyclic) bond motifs is 1. The number of ether oxygens (including phenoxy) is 1. The van der Waals surface area contributed by atoms with E-state index in [1.165, 1.54) is 0 Å². The van der Waals surface area contributed by atoms with Crippen molar-refractivity contribution in [2.75, 3.05) is 6.61 Å². The molecule has 0 aromatic carbocycles. The maximum atomic E-state index is 8.84. The molecule has 0 saturated carbocycles. The monoisotopic (exact) mass is 215 g/mol. The number of hydrogen-bond acceptors (Lipinski definition) is 3. The number of pyridine rings is 1. The fraction of sp³-hybridized carbons (Fsp3) is 0.333. The third-order valence-corrected chi connectivity index (χ3v) is 2.19. The van der Waals surface area contributed by atoms with E-state index < -0.39 is 0 Å². The van der Waals surface area contributed by atoms with Gasteiger partial charge in [0.1, 0.15) is 11.8 Å². The van der Waals surface area contributed by atoms with Crippen LogP contribution in [0.3, 0.4) is 0 Å². The Morgan fingerprint density at radius 3 is 3.00 bits per heavy atom. The van der Waals surface area contributed by atoms with Gasteiger partial charge in [0.15, 0.2) is 0 Å². The normalized spacial score (nSPS) is 10.6. The standard InChI is InChI=1S/C12H13N3O/c1-9(2)8-16-11-3-4-12-10(5-13)6-14-15(12)7-11/h3-4,6-7,9H,8H2,1-2H3. The molecule has 16 heavy (non-hydrogen) atoms. The highest BCUT2D eigenvalue weighted by Gasteiger charge is 2.04. The summed E-state index contributed by atoms with van der Waals surface area (Å²) < 4.78 is 7.24. The average molecular weight is 215 g/mol. The Hall–Kier alpha value is -2.02. The van der Waals surface area contributed by atoms with Crippen LogP contribution in [0.2, 0.25) is 0 Å². The van der Waals surface area contributed by atoms with Crippen molar-refractivity contribution in [2.45, 2.75) is 13.8 Å². The second-order valence-electron chi connectivity index (χ2n) is 4.07. The largest absolute Gasteiger partial charge is 0.492 e. The van der Waals surface area contributed by atoms with Crippen LogP contribution in [-0.2, 0) is 0 Å². The van der Waals surface area contributed by atoms with Crippen LogP contribution in [0.15, 0.2) is 24.5 Å². The first kappa shape index (κ1) is 10.5. The number of hydrogen-bond donors (Lipinski definition) is 0. The lowest BCUT2D eigenvalue weighted by Crippen LogP contribution is -2.05. The second-order valence-corrected chi connectivity index (χ2v) is 4.07. The summed E-state index contributed by atoms with van der Waals surface area (Å²) in [5.74, 6) is 1.26. The fourth-order valence-corrected chi connectivity index (χ4v) is 1.40. The van der Waals surface area contributed by atoms with Crippen LogP contribution in [-0.4, -0.2) is 16.2 Å². The third-order valence-electron chi connectivity index (χ3n) is 2.19. The van der Waals surface area contributed by atoms with Gasteiger partial charge >= 0.3 is 0 Å². The van der Waals surface area contributed by atoms with Gasteiger partial charge in [0.2, 0.25) is 0 Å². The molecule has 0 atom stereocenters. The van der Waals surface area contributed by atoms with Crippen molar-refractivity contribution < 1.29 is 4.74 Å². The van der Waals surface area contributed by atoms with E-state index in [0.717, 1.165) is 11.3 Å². The molecule has 0 aliphatic heterocycles. The van der Waals surface area contributed by atoms with E-state index in [4.69, 9.17) is 10.00 Å². The van der Waals surface area contributed by atoms with Gasteiger partial charge in [-0.3, -0.25) is 0 Å². The summed E-state index contributed by atoms with van der Waals surface area (Å²) in [5.41, 5.74) is 1.38. The van der Waals surface area contributed by atoms with Crippen LogP contribution in [0.1, 0.15) is 19.4 Å². The summed E-state index contributed by atoms with van der Waals surface area (Å²) >= 11 is 0. The molecule has 4 heteroatoms. The van der Waals surface area contributed by atoms with E-state index in [1.54, 1.807) is 16.9 Å². The summed E-state index contributed by atoms with van der Waals surface area (Å²) in [6.07, 6.45) is 3.35. The van der Waals surface area contributed by atoms with Crippen molar-refractivity contribution >= 4 is 5.52 Å². The number of rotatable bonds is 3. The van der Waals surface area contributed by atoms with Gasteiger partial charge in [0.25, 0.3) is 0 Å². The molecule has 2 rings (SSSR count). The molecule has 0 aliphatic carbocycles. The van der Waals surface area contributed by atoms with Gasteiger partial charge < -0.3 is 4.74 Å². The first-order valence-corrected chi connectivity index (χ1v) is 5.21. The molecule has 0 amide bonds. The van der Waals surface area contributed by atoms with Gasteiger partial charge in [0, 0.05) is 0 Å². The van der Waals surface area contributed by atoms with E-state index >= 15 is 0 Å². The molecule has 2 aromatic rings. The molecule has 0 fully saturated rings. The molecule has 2 aromatic heterocycles. The summed E-state index contributed by atoms with van der Waals surface area (Å²) in [6.45, 7) is 4.87. The van der Waals surface area contributed by atoms with Crippen LogP contribution >= 0.6 is 0 Å². The zero-order chi connectivity index (χ0) is 11.5. The highest BCUT2D eigenvalue weighted by atomic mass is 16.5. The van der Waals surface area contributed by atoms with E-state index in [2.05, 4.69) is 25.0 Å². The van der Waals surface area contributed by atoms with Crippen molar-refractivity contribution in [1.82, 2.24) is 9.61 Å². The predicted octanol–water partition coefficient (Wildman–Crippen LogP) is 2.24. The summed E-state index contributed by atoms with van der Waals surface area (Å²) in [5, 5.41) is 12.9. The maximum Gasteiger partial charge on any atom is 0.137 e. The van der Waals surface area contributed by atoms with E-state index in [9.17, 15) is 0 Å². The van der Waals surface area contributed by atoms with Crippen LogP contribution < -0.4 is 4.74 Å². The van der Waals surface area contributed by atoms with Crippen molar-refractivity contribution in [3.8, 4) is 11.8 Å². The maximum absolute atomic E-state index is 8.84. The van der Waals surface area contributed by atoms with Gasteiger partial charge in [-0.1, -0.05) is 13.8 Å². The van der Waals surface area contributed by atoms with Crippen molar-refractivity contribution in [3.63, 3.8) is 0 Å². The SMILES string of the molecule is CC(C)COc1ccc2c(C#N)cnn2c1. The minimum Gasteiger partial charge on any atom is -0.492 e. The fourth-order valence-electron chi connectivity index (χ4n) is 1.40. The molecule has 82 valence electrons. The van der Waals surface area contributed by atoms with Gasteiger partial charge in [-0.2, -0.15) is 10.4 Å². The Morgan fingerprint density at radius 1 is 1.50 bits per heavy atom. The lowest BCUT2D eigenvalue weighted by atomic mass is 10.2. The highest BCUT2D eigenvalue weighted by Crippen LogP contribution is 2.16. The minimum atomic E-state index is 0.489. The lowest BCUT2D eigenvalue weighted by molar-refractivity contribution is 0.269. The van der Waals surface area contributed by atoms with Crippen LogP contribution in [0.5, 0.6) is 5.75 Å². The summed E-state index contributed by atoms with van der Waals surface area (Å²) in [4.78, 5) is 0. The molecule has 0 aliphatic rings. The Labute approximate surface area is 94.1 Å². The Kier molecular flexibility index (Phi) is 2.78. The van der Waals surface area contributed by atoms with E-state index in [-0.39, 0.29) is 0 Å². The van der Waals surface area contributed by atoms with Crippen molar-refractivity contribution in [1.29, 1.82) is 5.26 Å². The molecule has 0 bridgehead atoms. The zero-order valence-electron chi connectivity index (χ0n) is 9.34. The molecule has 2 heterocycles. The Balaban J connectivity index is 2.28. The van der Waals surface area contributed by atoms with Crippen LogP contribution in [0, 0.1) is 17.2 Å². The van der Waals surface area contributed by atoms with Gasteiger partial charge in [0.05, 0.1) is 30.1 Å². The van der Waals surface area contributed by atoms with E-state index in [0.29, 0.717) is 18.1 Å². The molecule has 0 spiro atoms. The highest BCUT2D eigenvalue weighted by molar-refractivity contribution is 5.60. The first-order valence-electron chi connectivity index (χ1n) is 5.21. The topological polar surface area (TPSA) is 50.3 Å². The van der Waals surface area contributed by atoms with Gasteiger partial charge in [-0.25, -0.2) is 4.52 Å². The number of nitrogens with zero attached hydrogens (tertiary/aromatic N) is 3. The Bertz CT molecular complexity index is 537. The summed E-state index contributed by atoms with van der Waals surface area (Å²) in [6, 6.07) is 5.81. The third kappa shape index (κ3) is 1.98. The Morgan fingerprint density at radius 2 is 2.31 bits per heavy atom. The van der Waals surface area contributed by atoms with Gasteiger partial charge in [-0.05, 0) is 18.1 Å². The quantitative estimate of drug-likeness (QED) is 0.789. The van der Waals surface area contributed by atoms with E-state index in [1.807, 2.05) is 12.1 Å². The van der Waals surface area contributed by atoms with Gasteiger partial charge in [-0.15, -0.1) is 0 Å². The van der Waals surface area contributed by atoms with Crippen LogP contribution in [0.4, 0.5) is 0 Å². The molecule has 0 unspecified atom stereocenters. The number of nitriles is 1.